The molecule has 2 rings (SSSR count). The SMILES string of the molecule is COC(=O)[C@@H]1CSC(c2cc(OC)c(OC)c(OC)c2)N1. The Kier molecular flexibility index (Phi) is 5.19. The summed E-state index contributed by atoms with van der Waals surface area (Å²) in [6.07, 6.45) is 0. The van der Waals surface area contributed by atoms with Crippen LogP contribution in [0.2, 0.25) is 0 Å². The van der Waals surface area contributed by atoms with E-state index in [1.165, 1.54) is 7.11 Å². The van der Waals surface area contributed by atoms with Gasteiger partial charge in [-0.3, -0.25) is 10.1 Å². The van der Waals surface area contributed by atoms with Crippen molar-refractivity contribution in [1.82, 2.24) is 5.32 Å². The predicted molar refractivity (Wildman–Crippen MR) is 80.2 cm³/mol. The Hall–Kier alpha value is -1.60. The Bertz CT molecular complexity index is 497. The molecular formula is C14H19NO5S. The third kappa shape index (κ3) is 3.19. The van der Waals surface area contributed by atoms with Crippen LogP contribution < -0.4 is 19.5 Å². The second kappa shape index (κ2) is 6.91. The zero-order valence-corrected chi connectivity index (χ0v) is 13.3. The van der Waals surface area contributed by atoms with Crippen molar-refractivity contribution in [2.24, 2.45) is 0 Å². The van der Waals surface area contributed by atoms with Crippen molar-refractivity contribution in [3.05, 3.63) is 17.7 Å². The third-order valence-electron chi connectivity index (χ3n) is 3.26. The van der Waals surface area contributed by atoms with E-state index in [9.17, 15) is 4.79 Å². The van der Waals surface area contributed by atoms with Crippen molar-refractivity contribution >= 4 is 17.7 Å². The standard InChI is InChI=1S/C14H19NO5S/c1-17-10-5-8(6-11(18-2)12(10)19-3)13-15-9(7-21-13)14(16)20-4/h5-6,9,13,15H,7H2,1-4H3/t9-,13?/m0/s1. The molecule has 7 heteroatoms. The first-order valence-electron chi connectivity index (χ1n) is 6.40. The van der Waals surface area contributed by atoms with E-state index < -0.39 is 0 Å². The molecule has 0 bridgehead atoms. The Morgan fingerprint density at radius 1 is 1.14 bits per heavy atom. The van der Waals surface area contributed by atoms with Crippen molar-refractivity contribution in [3.63, 3.8) is 0 Å². The molecule has 0 amide bonds. The summed E-state index contributed by atoms with van der Waals surface area (Å²) in [6, 6.07) is 3.46. The third-order valence-corrected chi connectivity index (χ3v) is 4.52. The number of thioether (sulfide) groups is 1. The fourth-order valence-electron chi connectivity index (χ4n) is 2.19. The normalized spacial score (nSPS) is 21.0. The molecule has 0 aromatic heterocycles. The van der Waals surface area contributed by atoms with Gasteiger partial charge in [0, 0.05) is 5.75 Å². The lowest BCUT2D eigenvalue weighted by atomic mass is 10.1. The Balaban J connectivity index is 2.27. The van der Waals surface area contributed by atoms with Gasteiger partial charge in [0.1, 0.15) is 6.04 Å². The van der Waals surface area contributed by atoms with Crippen LogP contribution in [-0.4, -0.2) is 46.2 Å². The first-order valence-corrected chi connectivity index (χ1v) is 7.44. The number of rotatable bonds is 5. The van der Waals surface area contributed by atoms with Crippen molar-refractivity contribution in [2.45, 2.75) is 11.4 Å². The molecule has 1 unspecified atom stereocenters. The summed E-state index contributed by atoms with van der Waals surface area (Å²) in [7, 11) is 6.11. The number of hydrogen-bond acceptors (Lipinski definition) is 7. The number of esters is 1. The average Bonchev–Trinajstić information content (AvgIpc) is 3.02. The average molecular weight is 313 g/mol. The Morgan fingerprint density at radius 3 is 2.24 bits per heavy atom. The molecule has 1 aliphatic heterocycles. The minimum Gasteiger partial charge on any atom is -0.493 e. The van der Waals surface area contributed by atoms with Crippen LogP contribution >= 0.6 is 11.8 Å². The molecule has 0 aliphatic carbocycles. The quantitative estimate of drug-likeness (QED) is 0.828. The Morgan fingerprint density at radius 2 is 1.76 bits per heavy atom. The van der Waals surface area contributed by atoms with Crippen LogP contribution in [0.4, 0.5) is 0 Å². The highest BCUT2D eigenvalue weighted by molar-refractivity contribution is 7.99. The van der Waals surface area contributed by atoms with Gasteiger partial charge in [0.15, 0.2) is 11.5 Å². The molecule has 0 saturated carbocycles. The molecular weight excluding hydrogens is 294 g/mol. The molecule has 6 nitrogen and oxygen atoms in total. The maximum atomic E-state index is 11.6. The van der Waals surface area contributed by atoms with Gasteiger partial charge in [-0.2, -0.15) is 0 Å². The predicted octanol–water partition coefficient (Wildman–Crippen LogP) is 1.59. The molecule has 1 aromatic carbocycles. The van der Waals surface area contributed by atoms with Crippen molar-refractivity contribution in [2.75, 3.05) is 34.2 Å². The number of carbonyl (C=O) groups is 1. The molecule has 0 radical (unpaired) electrons. The van der Waals surface area contributed by atoms with E-state index >= 15 is 0 Å². The molecule has 1 heterocycles. The summed E-state index contributed by atoms with van der Waals surface area (Å²) in [5.41, 5.74) is 0.959. The van der Waals surface area contributed by atoms with Crippen LogP contribution in [0.3, 0.4) is 0 Å². The molecule has 0 spiro atoms. The lowest BCUT2D eigenvalue weighted by molar-refractivity contribution is -0.142. The van der Waals surface area contributed by atoms with Crippen LogP contribution in [0.5, 0.6) is 17.2 Å². The van der Waals surface area contributed by atoms with E-state index in [0.29, 0.717) is 23.0 Å². The summed E-state index contributed by atoms with van der Waals surface area (Å²) < 4.78 is 20.7. The summed E-state index contributed by atoms with van der Waals surface area (Å²) >= 11 is 1.64. The number of benzene rings is 1. The van der Waals surface area contributed by atoms with Crippen LogP contribution in [-0.2, 0) is 9.53 Å². The zero-order chi connectivity index (χ0) is 15.4. The summed E-state index contributed by atoms with van der Waals surface area (Å²) in [5.74, 6) is 2.15. The number of carbonyl (C=O) groups excluding carboxylic acids is 1. The zero-order valence-electron chi connectivity index (χ0n) is 12.5. The maximum Gasteiger partial charge on any atom is 0.323 e. The van der Waals surface area contributed by atoms with E-state index in [1.807, 2.05) is 12.1 Å². The van der Waals surface area contributed by atoms with Gasteiger partial charge in [-0.05, 0) is 17.7 Å². The molecule has 1 aromatic rings. The highest BCUT2D eigenvalue weighted by atomic mass is 32.2. The lowest BCUT2D eigenvalue weighted by Gasteiger charge is -2.17. The van der Waals surface area contributed by atoms with E-state index in [1.54, 1.807) is 33.1 Å². The van der Waals surface area contributed by atoms with E-state index in [2.05, 4.69) is 5.32 Å². The molecule has 116 valence electrons. The van der Waals surface area contributed by atoms with Crippen LogP contribution in [0.25, 0.3) is 0 Å². The molecule has 1 fully saturated rings. The molecule has 2 atom stereocenters. The second-order valence-electron chi connectivity index (χ2n) is 4.41. The van der Waals surface area contributed by atoms with Crippen molar-refractivity contribution in [3.8, 4) is 17.2 Å². The summed E-state index contributed by atoms with van der Waals surface area (Å²) in [6.45, 7) is 0. The van der Waals surface area contributed by atoms with Gasteiger partial charge in [0.05, 0.1) is 33.8 Å². The van der Waals surface area contributed by atoms with Gasteiger partial charge >= 0.3 is 5.97 Å². The van der Waals surface area contributed by atoms with Gasteiger partial charge in [-0.25, -0.2) is 0 Å². The summed E-state index contributed by atoms with van der Waals surface area (Å²) in [5, 5.41) is 3.21. The smallest absolute Gasteiger partial charge is 0.323 e. The monoisotopic (exact) mass is 313 g/mol. The molecule has 21 heavy (non-hydrogen) atoms. The van der Waals surface area contributed by atoms with Gasteiger partial charge in [-0.1, -0.05) is 0 Å². The molecule has 1 N–H and O–H groups in total. The van der Waals surface area contributed by atoms with E-state index in [4.69, 9.17) is 18.9 Å². The molecule has 1 aliphatic rings. The van der Waals surface area contributed by atoms with Crippen molar-refractivity contribution < 1.29 is 23.7 Å². The largest absolute Gasteiger partial charge is 0.493 e. The highest BCUT2D eigenvalue weighted by Crippen LogP contribution is 2.43. The first kappa shape index (κ1) is 15.8. The van der Waals surface area contributed by atoms with Crippen molar-refractivity contribution in [1.29, 1.82) is 0 Å². The number of hydrogen-bond donors (Lipinski definition) is 1. The molecule has 1 saturated heterocycles. The number of nitrogens with one attached hydrogen (secondary N) is 1. The van der Waals surface area contributed by atoms with E-state index in [0.717, 1.165) is 5.56 Å². The highest BCUT2D eigenvalue weighted by Gasteiger charge is 2.32. The minimum atomic E-state index is -0.302. The fraction of sp³-hybridized carbons (Fsp3) is 0.500. The van der Waals surface area contributed by atoms with Gasteiger partial charge in [-0.15, -0.1) is 11.8 Å². The number of methoxy groups -OCH3 is 4. The van der Waals surface area contributed by atoms with Gasteiger partial charge < -0.3 is 18.9 Å². The van der Waals surface area contributed by atoms with Gasteiger partial charge in [0.25, 0.3) is 0 Å². The van der Waals surface area contributed by atoms with Crippen LogP contribution in [0.15, 0.2) is 12.1 Å². The Labute approximate surface area is 128 Å². The maximum absolute atomic E-state index is 11.6. The second-order valence-corrected chi connectivity index (χ2v) is 5.55. The van der Waals surface area contributed by atoms with Gasteiger partial charge in [0.2, 0.25) is 5.75 Å². The number of ether oxygens (including phenoxy) is 4. The first-order chi connectivity index (χ1) is 10.1. The lowest BCUT2D eigenvalue weighted by Crippen LogP contribution is -2.34. The van der Waals surface area contributed by atoms with Crippen LogP contribution in [0.1, 0.15) is 10.9 Å². The van der Waals surface area contributed by atoms with Crippen LogP contribution in [0, 0.1) is 0 Å². The summed E-state index contributed by atoms with van der Waals surface area (Å²) in [4.78, 5) is 11.6. The topological polar surface area (TPSA) is 66.0 Å². The fourth-order valence-corrected chi connectivity index (χ4v) is 3.40. The van der Waals surface area contributed by atoms with E-state index in [-0.39, 0.29) is 17.4 Å². The minimum absolute atomic E-state index is 0.0252.